The Kier molecular flexibility index (Phi) is 5.87. The molecule has 0 radical (unpaired) electrons. The molecule has 1 amide bonds. The van der Waals surface area contributed by atoms with E-state index < -0.39 is 12.2 Å². The fraction of sp³-hybridized carbons (Fsp3) is 0.562. The second kappa shape index (κ2) is 7.88. The number of primary amides is 1. The molecule has 1 aliphatic rings. The summed E-state index contributed by atoms with van der Waals surface area (Å²) in [5.41, 5.74) is 6.73. The van der Waals surface area contributed by atoms with Gasteiger partial charge in [0.2, 0.25) is 0 Å². The van der Waals surface area contributed by atoms with Gasteiger partial charge in [0.25, 0.3) is 0 Å². The average Bonchev–Trinajstić information content (AvgIpc) is 2.98. The van der Waals surface area contributed by atoms with Gasteiger partial charge in [-0.1, -0.05) is 25.0 Å². The number of aliphatic hydroxyl groups is 1. The van der Waals surface area contributed by atoms with Gasteiger partial charge in [0.15, 0.2) is 0 Å². The number of carbonyl (C=O) groups excluding carboxylic acids is 1. The van der Waals surface area contributed by atoms with Crippen LogP contribution in [0.1, 0.15) is 43.8 Å². The molecular formula is C16H24N2O3. The lowest BCUT2D eigenvalue weighted by Gasteiger charge is -2.15. The van der Waals surface area contributed by atoms with E-state index in [2.05, 4.69) is 10.1 Å². The minimum Gasteiger partial charge on any atom is -0.450 e. The largest absolute Gasteiger partial charge is 0.450 e. The first-order valence-electron chi connectivity index (χ1n) is 7.59. The van der Waals surface area contributed by atoms with Gasteiger partial charge in [0.1, 0.15) is 0 Å². The molecule has 1 saturated carbocycles. The number of anilines is 1. The fourth-order valence-corrected chi connectivity index (χ4v) is 2.77. The van der Waals surface area contributed by atoms with Crippen LogP contribution in [0.5, 0.6) is 0 Å². The van der Waals surface area contributed by atoms with Gasteiger partial charge < -0.3 is 20.9 Å². The Morgan fingerprint density at radius 2 is 2.19 bits per heavy atom. The molecule has 1 atom stereocenters. The van der Waals surface area contributed by atoms with E-state index in [1.807, 2.05) is 24.3 Å². The average molecular weight is 292 g/mol. The van der Waals surface area contributed by atoms with E-state index in [4.69, 9.17) is 5.73 Å². The molecule has 5 nitrogen and oxygen atoms in total. The molecule has 21 heavy (non-hydrogen) atoms. The van der Waals surface area contributed by atoms with Crippen molar-refractivity contribution in [2.45, 2.75) is 38.2 Å². The van der Waals surface area contributed by atoms with Crippen molar-refractivity contribution in [1.82, 2.24) is 0 Å². The zero-order valence-electron chi connectivity index (χ0n) is 12.3. The van der Waals surface area contributed by atoms with Crippen molar-refractivity contribution in [3.05, 3.63) is 29.8 Å². The van der Waals surface area contributed by atoms with E-state index >= 15 is 0 Å². The van der Waals surface area contributed by atoms with E-state index in [1.54, 1.807) is 0 Å². The summed E-state index contributed by atoms with van der Waals surface area (Å²) in [6.07, 6.45) is 4.16. The summed E-state index contributed by atoms with van der Waals surface area (Å²) in [5, 5.41) is 13.5. The number of rotatable bonds is 7. The van der Waals surface area contributed by atoms with Crippen LogP contribution in [0.15, 0.2) is 24.3 Å². The van der Waals surface area contributed by atoms with Crippen LogP contribution < -0.4 is 11.1 Å². The molecule has 1 unspecified atom stereocenters. The Morgan fingerprint density at radius 3 is 2.90 bits per heavy atom. The highest BCUT2D eigenvalue weighted by Gasteiger charge is 2.14. The molecule has 0 heterocycles. The van der Waals surface area contributed by atoms with Crippen molar-refractivity contribution in [3.8, 4) is 0 Å². The molecule has 0 aliphatic heterocycles. The number of aliphatic hydroxyl groups excluding tert-OH is 1. The fourth-order valence-electron chi connectivity index (χ4n) is 2.77. The van der Waals surface area contributed by atoms with E-state index in [1.165, 1.54) is 25.7 Å². The maximum absolute atomic E-state index is 10.5. The lowest BCUT2D eigenvalue weighted by Crippen LogP contribution is -2.15. The summed E-state index contributed by atoms with van der Waals surface area (Å²) in [6, 6.07) is 7.75. The molecule has 1 aliphatic carbocycles. The number of carbonyl (C=O) groups is 1. The van der Waals surface area contributed by atoms with Gasteiger partial charge in [-0.3, -0.25) is 0 Å². The Morgan fingerprint density at radius 1 is 1.43 bits per heavy atom. The summed E-state index contributed by atoms with van der Waals surface area (Å²) in [6.45, 7) is 1.11. The standard InChI is InChI=1S/C16H24N2O3/c17-16(20)21-9-8-15(19)13-6-3-7-14(10-13)18-11-12-4-1-2-5-12/h3,6-7,10,12,15,18-19H,1-2,4-5,8-9,11H2,(H2,17,20). The maximum atomic E-state index is 10.5. The van der Waals surface area contributed by atoms with Crippen LogP contribution in [0, 0.1) is 5.92 Å². The lowest BCUT2D eigenvalue weighted by molar-refractivity contribution is 0.111. The first-order valence-corrected chi connectivity index (χ1v) is 7.59. The Balaban J connectivity index is 1.82. The minimum atomic E-state index is -0.811. The Hall–Kier alpha value is -1.75. The first-order chi connectivity index (χ1) is 10.1. The van der Waals surface area contributed by atoms with Crippen LogP contribution in [-0.2, 0) is 4.74 Å². The van der Waals surface area contributed by atoms with Crippen molar-refractivity contribution < 1.29 is 14.6 Å². The van der Waals surface area contributed by atoms with Gasteiger partial charge >= 0.3 is 6.09 Å². The van der Waals surface area contributed by atoms with Crippen molar-refractivity contribution in [1.29, 1.82) is 0 Å². The van der Waals surface area contributed by atoms with Gasteiger partial charge in [-0.05, 0) is 36.5 Å². The number of hydrogen-bond donors (Lipinski definition) is 3. The predicted octanol–water partition coefficient (Wildman–Crippen LogP) is 2.81. The van der Waals surface area contributed by atoms with E-state index in [0.717, 1.165) is 23.7 Å². The molecule has 116 valence electrons. The summed E-state index contributed by atoms with van der Waals surface area (Å²) in [5.74, 6) is 0.766. The highest BCUT2D eigenvalue weighted by Crippen LogP contribution is 2.26. The molecule has 4 N–H and O–H groups in total. The topological polar surface area (TPSA) is 84.6 Å². The molecule has 1 fully saturated rings. The molecule has 0 saturated heterocycles. The van der Waals surface area contributed by atoms with Gasteiger partial charge in [-0.2, -0.15) is 0 Å². The number of hydrogen-bond acceptors (Lipinski definition) is 4. The van der Waals surface area contributed by atoms with Gasteiger partial charge in [0, 0.05) is 18.7 Å². The number of nitrogens with one attached hydrogen (secondary N) is 1. The van der Waals surface area contributed by atoms with Crippen LogP contribution in [0.3, 0.4) is 0 Å². The zero-order chi connectivity index (χ0) is 15.1. The number of ether oxygens (including phenoxy) is 1. The molecule has 0 spiro atoms. The second-order valence-corrected chi connectivity index (χ2v) is 5.63. The monoisotopic (exact) mass is 292 g/mol. The number of nitrogens with two attached hydrogens (primary N) is 1. The van der Waals surface area contributed by atoms with Crippen molar-refractivity contribution in [2.75, 3.05) is 18.5 Å². The van der Waals surface area contributed by atoms with Crippen LogP contribution in [0.4, 0.5) is 10.5 Å². The van der Waals surface area contributed by atoms with E-state index in [-0.39, 0.29) is 6.61 Å². The molecule has 0 bridgehead atoms. The minimum absolute atomic E-state index is 0.121. The SMILES string of the molecule is NC(=O)OCCC(O)c1cccc(NCC2CCCC2)c1. The van der Waals surface area contributed by atoms with Crippen LogP contribution >= 0.6 is 0 Å². The molecule has 5 heteroatoms. The Bertz CT molecular complexity index is 459. The normalized spacial score (nSPS) is 16.6. The van der Waals surface area contributed by atoms with Gasteiger partial charge in [-0.15, -0.1) is 0 Å². The zero-order valence-corrected chi connectivity index (χ0v) is 12.3. The summed E-state index contributed by atoms with van der Waals surface area (Å²) in [4.78, 5) is 10.5. The number of benzene rings is 1. The predicted molar refractivity (Wildman–Crippen MR) is 82.0 cm³/mol. The van der Waals surface area contributed by atoms with Crippen molar-refractivity contribution >= 4 is 11.8 Å². The van der Waals surface area contributed by atoms with E-state index in [0.29, 0.717) is 6.42 Å². The highest BCUT2D eigenvalue weighted by molar-refractivity contribution is 5.64. The summed E-state index contributed by atoms with van der Waals surface area (Å²) >= 11 is 0. The first kappa shape index (κ1) is 15.6. The quantitative estimate of drug-likeness (QED) is 0.721. The van der Waals surface area contributed by atoms with Crippen molar-refractivity contribution in [3.63, 3.8) is 0 Å². The molecule has 1 aromatic rings. The smallest absolute Gasteiger partial charge is 0.404 e. The molecular weight excluding hydrogens is 268 g/mol. The third kappa shape index (κ3) is 5.27. The second-order valence-electron chi connectivity index (χ2n) is 5.63. The maximum Gasteiger partial charge on any atom is 0.404 e. The third-order valence-corrected chi connectivity index (χ3v) is 3.98. The summed E-state index contributed by atoms with van der Waals surface area (Å²) < 4.78 is 4.64. The molecule has 2 rings (SSSR count). The summed E-state index contributed by atoms with van der Waals surface area (Å²) in [7, 11) is 0. The van der Waals surface area contributed by atoms with Gasteiger partial charge in [-0.25, -0.2) is 4.79 Å². The molecule has 1 aromatic carbocycles. The lowest BCUT2D eigenvalue weighted by atomic mass is 10.1. The van der Waals surface area contributed by atoms with Gasteiger partial charge in [0.05, 0.1) is 12.7 Å². The van der Waals surface area contributed by atoms with E-state index in [9.17, 15) is 9.90 Å². The van der Waals surface area contributed by atoms with Crippen molar-refractivity contribution in [2.24, 2.45) is 11.7 Å². The molecule has 0 aromatic heterocycles. The third-order valence-electron chi connectivity index (χ3n) is 3.98. The Labute approximate surface area is 125 Å². The van der Waals surface area contributed by atoms with Crippen LogP contribution in [-0.4, -0.2) is 24.4 Å². The number of amides is 1. The van der Waals surface area contributed by atoms with Crippen LogP contribution in [0.25, 0.3) is 0 Å². The highest BCUT2D eigenvalue weighted by atomic mass is 16.5. The van der Waals surface area contributed by atoms with Crippen LogP contribution in [0.2, 0.25) is 0 Å².